The first-order valence-corrected chi connectivity index (χ1v) is 7.66. The van der Waals surface area contributed by atoms with Gasteiger partial charge in [-0.25, -0.2) is 0 Å². The second-order valence-electron chi connectivity index (χ2n) is 5.36. The third kappa shape index (κ3) is 3.32. The first-order chi connectivity index (χ1) is 12.5. The number of carbonyl (C=O) groups is 1. The number of aromatic amines is 1. The summed E-state index contributed by atoms with van der Waals surface area (Å²) in [5.41, 5.74) is 1.60. The molecule has 0 spiro atoms. The van der Waals surface area contributed by atoms with Gasteiger partial charge in [-0.3, -0.25) is 9.89 Å². The maximum atomic E-state index is 12.1. The molecule has 2 N–H and O–H groups in total. The molecule has 1 amide bonds. The average molecular weight is 358 g/mol. The summed E-state index contributed by atoms with van der Waals surface area (Å²) in [6.45, 7) is 1.71. The number of nitrogens with one attached hydrogen (secondary N) is 2. The van der Waals surface area contributed by atoms with Crippen molar-refractivity contribution in [1.29, 1.82) is 0 Å². The van der Waals surface area contributed by atoms with Crippen LogP contribution in [0.4, 0.5) is 5.82 Å². The van der Waals surface area contributed by atoms with E-state index in [2.05, 4.69) is 20.7 Å². The highest BCUT2D eigenvalue weighted by molar-refractivity contribution is 6.02. The SMILES string of the molecule is COc1cc(-c2cc(NC(=O)c3cc(C)on3)n[nH]2)cc(OC)c1OC. The van der Waals surface area contributed by atoms with E-state index in [0.717, 1.165) is 5.56 Å². The molecule has 0 radical (unpaired) electrons. The number of nitrogens with zero attached hydrogens (tertiary/aromatic N) is 2. The molecule has 0 atom stereocenters. The highest BCUT2D eigenvalue weighted by atomic mass is 16.5. The molecule has 0 aliphatic rings. The molecule has 2 heterocycles. The van der Waals surface area contributed by atoms with E-state index in [9.17, 15) is 4.79 Å². The van der Waals surface area contributed by atoms with Crippen molar-refractivity contribution in [2.75, 3.05) is 26.6 Å². The standard InChI is InChI=1S/C17H18N4O5/c1-9-5-12(21-26-9)17(22)18-15-8-11(19-20-15)10-6-13(23-2)16(25-4)14(7-10)24-3/h5-8H,1-4H3,(H2,18,19,20,22). The Morgan fingerprint density at radius 2 is 1.77 bits per heavy atom. The molecule has 3 aromatic rings. The van der Waals surface area contributed by atoms with E-state index in [-0.39, 0.29) is 5.69 Å². The monoisotopic (exact) mass is 358 g/mol. The molecule has 0 saturated heterocycles. The zero-order chi connectivity index (χ0) is 18.7. The van der Waals surface area contributed by atoms with Crippen LogP contribution in [0.25, 0.3) is 11.3 Å². The molecule has 136 valence electrons. The van der Waals surface area contributed by atoms with E-state index in [1.807, 2.05) is 0 Å². The third-order valence-electron chi connectivity index (χ3n) is 3.66. The summed E-state index contributed by atoms with van der Waals surface area (Å²) in [6.07, 6.45) is 0. The van der Waals surface area contributed by atoms with Gasteiger partial charge in [-0.2, -0.15) is 5.10 Å². The van der Waals surface area contributed by atoms with Crippen molar-refractivity contribution in [2.24, 2.45) is 0 Å². The zero-order valence-electron chi connectivity index (χ0n) is 14.7. The fourth-order valence-corrected chi connectivity index (χ4v) is 2.42. The number of benzene rings is 1. The van der Waals surface area contributed by atoms with Gasteiger partial charge in [0.25, 0.3) is 5.91 Å². The van der Waals surface area contributed by atoms with E-state index in [4.69, 9.17) is 18.7 Å². The van der Waals surface area contributed by atoms with Crippen molar-refractivity contribution in [3.8, 4) is 28.5 Å². The minimum atomic E-state index is -0.412. The Morgan fingerprint density at radius 3 is 2.31 bits per heavy atom. The van der Waals surface area contributed by atoms with Gasteiger partial charge in [-0.1, -0.05) is 5.16 Å². The Labute approximate surface area is 149 Å². The van der Waals surface area contributed by atoms with Crippen LogP contribution in [0.1, 0.15) is 16.2 Å². The number of hydrogen-bond donors (Lipinski definition) is 2. The summed E-state index contributed by atoms with van der Waals surface area (Å²) in [6, 6.07) is 6.79. The van der Waals surface area contributed by atoms with E-state index >= 15 is 0 Å². The largest absolute Gasteiger partial charge is 0.493 e. The van der Waals surface area contributed by atoms with Gasteiger partial charge in [0.15, 0.2) is 23.0 Å². The van der Waals surface area contributed by atoms with Crippen LogP contribution in [0.3, 0.4) is 0 Å². The number of H-pyrrole nitrogens is 1. The van der Waals surface area contributed by atoms with Crippen LogP contribution in [0.15, 0.2) is 28.8 Å². The van der Waals surface area contributed by atoms with Crippen molar-refractivity contribution in [3.63, 3.8) is 0 Å². The molecule has 0 saturated carbocycles. The molecule has 0 bridgehead atoms. The number of anilines is 1. The minimum absolute atomic E-state index is 0.180. The fraction of sp³-hybridized carbons (Fsp3) is 0.235. The maximum absolute atomic E-state index is 12.1. The summed E-state index contributed by atoms with van der Waals surface area (Å²) in [5, 5.41) is 13.3. The molecular formula is C17H18N4O5. The normalized spacial score (nSPS) is 10.5. The predicted molar refractivity (Wildman–Crippen MR) is 92.9 cm³/mol. The van der Waals surface area contributed by atoms with Crippen molar-refractivity contribution in [1.82, 2.24) is 15.4 Å². The van der Waals surface area contributed by atoms with Gasteiger partial charge in [0.05, 0.1) is 27.0 Å². The highest BCUT2D eigenvalue weighted by Gasteiger charge is 2.17. The van der Waals surface area contributed by atoms with Gasteiger partial charge >= 0.3 is 0 Å². The van der Waals surface area contributed by atoms with Gasteiger partial charge < -0.3 is 24.1 Å². The van der Waals surface area contributed by atoms with Crippen LogP contribution >= 0.6 is 0 Å². The number of aryl methyl sites for hydroxylation is 1. The van der Waals surface area contributed by atoms with Crippen LogP contribution in [0, 0.1) is 6.92 Å². The lowest BCUT2D eigenvalue weighted by Gasteiger charge is -2.13. The van der Waals surface area contributed by atoms with E-state index < -0.39 is 5.91 Å². The molecular weight excluding hydrogens is 340 g/mol. The topological polar surface area (TPSA) is 112 Å². The van der Waals surface area contributed by atoms with Gasteiger partial charge in [0, 0.05) is 17.7 Å². The van der Waals surface area contributed by atoms with Crippen molar-refractivity contribution in [3.05, 3.63) is 35.7 Å². The Balaban J connectivity index is 1.86. The Morgan fingerprint density at radius 1 is 1.08 bits per heavy atom. The number of rotatable bonds is 6. The Kier molecular flexibility index (Phi) is 4.78. The van der Waals surface area contributed by atoms with Gasteiger partial charge in [-0.15, -0.1) is 0 Å². The van der Waals surface area contributed by atoms with Crippen LogP contribution in [-0.4, -0.2) is 42.6 Å². The van der Waals surface area contributed by atoms with Gasteiger partial charge in [-0.05, 0) is 19.1 Å². The summed E-state index contributed by atoms with van der Waals surface area (Å²) in [7, 11) is 4.62. The number of methoxy groups -OCH3 is 3. The average Bonchev–Trinajstić information content (AvgIpc) is 3.29. The molecule has 9 nitrogen and oxygen atoms in total. The molecule has 0 aliphatic carbocycles. The zero-order valence-corrected chi connectivity index (χ0v) is 14.7. The van der Waals surface area contributed by atoms with Crippen molar-refractivity contribution >= 4 is 11.7 Å². The molecule has 9 heteroatoms. The molecule has 2 aromatic heterocycles. The van der Waals surface area contributed by atoms with Crippen LogP contribution in [0.2, 0.25) is 0 Å². The summed E-state index contributed by atoms with van der Waals surface area (Å²) in [5.74, 6) is 2.01. The van der Waals surface area contributed by atoms with Gasteiger partial charge in [0.1, 0.15) is 5.76 Å². The summed E-state index contributed by atoms with van der Waals surface area (Å²) < 4.78 is 20.9. The highest BCUT2D eigenvalue weighted by Crippen LogP contribution is 2.41. The van der Waals surface area contributed by atoms with Crippen LogP contribution < -0.4 is 19.5 Å². The van der Waals surface area contributed by atoms with E-state index in [1.54, 1.807) is 45.4 Å². The number of aromatic nitrogens is 3. The number of ether oxygens (including phenoxy) is 3. The number of carbonyl (C=O) groups excluding carboxylic acids is 1. The molecule has 0 fully saturated rings. The van der Waals surface area contributed by atoms with E-state index in [1.165, 1.54) is 7.11 Å². The molecule has 3 rings (SSSR count). The Bertz CT molecular complexity index is 906. The van der Waals surface area contributed by atoms with Crippen molar-refractivity contribution < 1.29 is 23.5 Å². The lowest BCUT2D eigenvalue weighted by atomic mass is 10.1. The quantitative estimate of drug-likeness (QED) is 0.696. The van der Waals surface area contributed by atoms with E-state index in [0.29, 0.717) is 34.5 Å². The molecule has 0 unspecified atom stereocenters. The maximum Gasteiger partial charge on any atom is 0.279 e. The smallest absolute Gasteiger partial charge is 0.279 e. The fourth-order valence-electron chi connectivity index (χ4n) is 2.42. The first kappa shape index (κ1) is 17.3. The van der Waals surface area contributed by atoms with Crippen molar-refractivity contribution in [2.45, 2.75) is 6.92 Å². The second-order valence-corrected chi connectivity index (χ2v) is 5.36. The third-order valence-corrected chi connectivity index (χ3v) is 3.66. The molecule has 1 aromatic carbocycles. The van der Waals surface area contributed by atoms with Gasteiger partial charge in [0.2, 0.25) is 5.75 Å². The first-order valence-electron chi connectivity index (χ1n) is 7.66. The van der Waals surface area contributed by atoms with Crippen LogP contribution in [0.5, 0.6) is 17.2 Å². The second kappa shape index (κ2) is 7.18. The summed E-state index contributed by atoms with van der Waals surface area (Å²) in [4.78, 5) is 12.1. The predicted octanol–water partition coefficient (Wildman–Crippen LogP) is 2.65. The number of hydrogen-bond acceptors (Lipinski definition) is 7. The molecule has 26 heavy (non-hydrogen) atoms. The lowest BCUT2D eigenvalue weighted by molar-refractivity contribution is 0.101. The Hall–Kier alpha value is -3.49. The number of amides is 1. The lowest BCUT2D eigenvalue weighted by Crippen LogP contribution is -2.12. The molecule has 0 aliphatic heterocycles. The minimum Gasteiger partial charge on any atom is -0.493 e. The van der Waals surface area contributed by atoms with Crippen LogP contribution in [-0.2, 0) is 0 Å². The summed E-state index contributed by atoms with van der Waals surface area (Å²) >= 11 is 0.